The highest BCUT2D eigenvalue weighted by Crippen LogP contribution is 2.35. The molecular weight excluding hydrogens is 490 g/mol. The van der Waals surface area contributed by atoms with E-state index in [1.807, 2.05) is 6.92 Å². The van der Waals surface area contributed by atoms with Gasteiger partial charge in [-0.2, -0.15) is 0 Å². The van der Waals surface area contributed by atoms with Crippen molar-refractivity contribution in [2.45, 2.75) is 25.9 Å². The van der Waals surface area contributed by atoms with Crippen molar-refractivity contribution in [2.24, 2.45) is 0 Å². The van der Waals surface area contributed by atoms with Crippen molar-refractivity contribution in [3.8, 4) is 23.0 Å². The molecule has 5 rings (SSSR count). The average Bonchev–Trinajstić information content (AvgIpc) is 3.47. The zero-order valence-corrected chi connectivity index (χ0v) is 21.0. The molecule has 1 fully saturated rings. The van der Waals surface area contributed by atoms with Crippen molar-refractivity contribution in [3.05, 3.63) is 72.3 Å². The summed E-state index contributed by atoms with van der Waals surface area (Å²) in [5.74, 6) is 1.50. The van der Waals surface area contributed by atoms with E-state index in [-0.39, 0.29) is 19.8 Å². The molecule has 0 saturated carbocycles. The molecule has 1 saturated heterocycles. The highest BCUT2D eigenvalue weighted by Gasteiger charge is 2.46. The summed E-state index contributed by atoms with van der Waals surface area (Å²) < 4.78 is 21.5. The quantitative estimate of drug-likeness (QED) is 0.424. The maximum absolute atomic E-state index is 13.6. The molecule has 2 aliphatic rings. The van der Waals surface area contributed by atoms with Crippen LogP contribution < -0.4 is 29.2 Å². The maximum atomic E-state index is 13.6. The topological polar surface area (TPSA) is 107 Å². The van der Waals surface area contributed by atoms with Crippen LogP contribution in [-0.4, -0.2) is 49.3 Å². The summed E-state index contributed by atoms with van der Waals surface area (Å²) in [5, 5.41) is 2.81. The molecule has 3 aromatic carbocycles. The van der Waals surface area contributed by atoms with E-state index in [1.54, 1.807) is 66.7 Å². The Bertz CT molecular complexity index is 1360. The number of carbonyl (C=O) groups is 3. The zero-order valence-electron chi connectivity index (χ0n) is 21.0. The lowest BCUT2D eigenvalue weighted by Gasteiger charge is -2.22. The molecule has 0 radical (unpaired) electrons. The Hall–Kier alpha value is -4.73. The summed E-state index contributed by atoms with van der Waals surface area (Å²) in [5.41, 5.74) is 1.66. The van der Waals surface area contributed by atoms with Gasteiger partial charge in [0, 0.05) is 18.3 Å². The first-order valence-electron chi connectivity index (χ1n) is 12.2. The number of rotatable bonds is 9. The molecule has 2 heterocycles. The van der Waals surface area contributed by atoms with Gasteiger partial charge in [-0.25, -0.2) is 9.69 Å². The number of hydrogen-bond acceptors (Lipinski definition) is 7. The normalized spacial score (nSPS) is 16.1. The molecule has 4 amide bonds. The molecule has 0 aromatic heterocycles. The minimum atomic E-state index is -1.01. The van der Waals surface area contributed by atoms with Gasteiger partial charge in [-0.1, -0.05) is 12.1 Å². The fraction of sp³-hybridized carbons (Fsp3) is 0.250. The van der Waals surface area contributed by atoms with Crippen molar-refractivity contribution in [1.29, 1.82) is 0 Å². The molecule has 0 bridgehead atoms. The van der Waals surface area contributed by atoms with Crippen molar-refractivity contribution < 1.29 is 33.3 Å². The van der Waals surface area contributed by atoms with Crippen LogP contribution in [0.4, 0.5) is 16.2 Å². The molecule has 196 valence electrons. The van der Waals surface area contributed by atoms with E-state index >= 15 is 0 Å². The fourth-order valence-electron chi connectivity index (χ4n) is 4.44. The molecule has 0 unspecified atom stereocenters. The number of fused-ring (bicyclic) bond motifs is 1. The van der Waals surface area contributed by atoms with Crippen LogP contribution in [-0.2, 0) is 16.1 Å². The number of imide groups is 1. The zero-order chi connectivity index (χ0) is 26.6. The number of anilines is 2. The highest BCUT2D eigenvalue weighted by atomic mass is 16.7. The number of ether oxygens (including phenoxy) is 4. The predicted octanol–water partition coefficient (Wildman–Crippen LogP) is 4.19. The van der Waals surface area contributed by atoms with Crippen LogP contribution in [0.3, 0.4) is 0 Å². The summed E-state index contributed by atoms with van der Waals surface area (Å²) in [6, 6.07) is 17.4. The van der Waals surface area contributed by atoms with Gasteiger partial charge in [0.25, 0.3) is 5.91 Å². The molecular formula is C28H27N3O7. The van der Waals surface area contributed by atoms with Gasteiger partial charge in [0.15, 0.2) is 11.5 Å². The first-order chi connectivity index (χ1) is 18.5. The highest BCUT2D eigenvalue weighted by molar-refractivity contribution is 6.22. The second-order valence-electron chi connectivity index (χ2n) is 8.70. The van der Waals surface area contributed by atoms with E-state index in [2.05, 4.69) is 5.32 Å². The standard InChI is InChI=1S/C28H27N3O7/c1-3-36-22-6-4-5-19(14-22)29-26(32)15-23-27(33)31(20-8-10-21(35-2)11-9-20)28(34)30(23)16-18-7-12-24-25(13-18)38-17-37-24/h4-14,23H,3,15-17H2,1-2H3,(H,29,32)/t23-/m1/s1. The van der Waals surface area contributed by atoms with Gasteiger partial charge in [-0.3, -0.25) is 9.59 Å². The molecule has 0 aliphatic carbocycles. The second kappa shape index (κ2) is 10.7. The Kier molecular flexibility index (Phi) is 7.03. The van der Waals surface area contributed by atoms with Crippen molar-refractivity contribution >= 4 is 29.2 Å². The summed E-state index contributed by atoms with van der Waals surface area (Å²) >= 11 is 0. The first-order valence-corrected chi connectivity index (χ1v) is 12.2. The molecule has 1 atom stereocenters. The number of hydrogen-bond donors (Lipinski definition) is 1. The third-order valence-corrected chi connectivity index (χ3v) is 6.25. The van der Waals surface area contributed by atoms with Gasteiger partial charge in [0.05, 0.1) is 25.8 Å². The Morgan fingerprint density at radius 2 is 1.79 bits per heavy atom. The number of nitrogens with one attached hydrogen (secondary N) is 1. The van der Waals surface area contributed by atoms with E-state index in [0.717, 1.165) is 10.5 Å². The first kappa shape index (κ1) is 24.9. The number of nitrogens with zero attached hydrogens (tertiary/aromatic N) is 2. The van der Waals surface area contributed by atoms with Crippen LogP contribution >= 0.6 is 0 Å². The van der Waals surface area contributed by atoms with Gasteiger partial charge in [0.1, 0.15) is 17.5 Å². The monoisotopic (exact) mass is 517 g/mol. The van der Waals surface area contributed by atoms with Crippen LogP contribution in [0, 0.1) is 0 Å². The number of methoxy groups -OCH3 is 1. The number of amides is 4. The van der Waals surface area contributed by atoms with Gasteiger partial charge >= 0.3 is 6.03 Å². The molecule has 0 spiro atoms. The molecule has 3 aromatic rings. The number of carbonyl (C=O) groups excluding carboxylic acids is 3. The fourth-order valence-corrected chi connectivity index (χ4v) is 4.44. The smallest absolute Gasteiger partial charge is 0.332 e. The Morgan fingerprint density at radius 3 is 2.55 bits per heavy atom. The van der Waals surface area contributed by atoms with Crippen LogP contribution in [0.1, 0.15) is 18.9 Å². The van der Waals surface area contributed by atoms with Crippen LogP contribution in [0.5, 0.6) is 23.0 Å². The summed E-state index contributed by atoms with van der Waals surface area (Å²) in [6.45, 7) is 2.59. The largest absolute Gasteiger partial charge is 0.497 e. The van der Waals surface area contributed by atoms with Gasteiger partial charge < -0.3 is 29.2 Å². The van der Waals surface area contributed by atoms with E-state index in [1.165, 1.54) is 12.0 Å². The van der Waals surface area contributed by atoms with Gasteiger partial charge in [0.2, 0.25) is 12.7 Å². The lowest BCUT2D eigenvalue weighted by Crippen LogP contribution is -2.37. The van der Waals surface area contributed by atoms with E-state index in [4.69, 9.17) is 18.9 Å². The van der Waals surface area contributed by atoms with Crippen LogP contribution in [0.2, 0.25) is 0 Å². The summed E-state index contributed by atoms with van der Waals surface area (Å²) in [7, 11) is 1.53. The lowest BCUT2D eigenvalue weighted by molar-refractivity contribution is -0.124. The Labute approximate surface area is 219 Å². The van der Waals surface area contributed by atoms with E-state index in [0.29, 0.717) is 41.0 Å². The third-order valence-electron chi connectivity index (χ3n) is 6.25. The van der Waals surface area contributed by atoms with E-state index in [9.17, 15) is 14.4 Å². The van der Waals surface area contributed by atoms with Crippen molar-refractivity contribution in [3.63, 3.8) is 0 Å². The van der Waals surface area contributed by atoms with Gasteiger partial charge in [-0.05, 0) is 61.0 Å². The van der Waals surface area contributed by atoms with Crippen molar-refractivity contribution in [2.75, 3.05) is 30.7 Å². The molecule has 10 nitrogen and oxygen atoms in total. The number of urea groups is 1. The van der Waals surface area contributed by atoms with Crippen LogP contribution in [0.15, 0.2) is 66.7 Å². The predicted molar refractivity (Wildman–Crippen MR) is 139 cm³/mol. The summed E-state index contributed by atoms with van der Waals surface area (Å²) in [4.78, 5) is 42.7. The number of benzene rings is 3. The van der Waals surface area contributed by atoms with Crippen LogP contribution in [0.25, 0.3) is 0 Å². The second-order valence-corrected chi connectivity index (χ2v) is 8.70. The van der Waals surface area contributed by atoms with E-state index < -0.39 is 23.9 Å². The lowest BCUT2D eigenvalue weighted by atomic mass is 10.1. The minimum Gasteiger partial charge on any atom is -0.497 e. The molecule has 38 heavy (non-hydrogen) atoms. The minimum absolute atomic E-state index is 0.103. The molecule has 2 aliphatic heterocycles. The molecule has 10 heteroatoms. The summed E-state index contributed by atoms with van der Waals surface area (Å²) in [6.07, 6.45) is -0.222. The Balaban J connectivity index is 1.40. The van der Waals surface area contributed by atoms with Crippen molar-refractivity contribution in [1.82, 2.24) is 4.90 Å². The Morgan fingerprint density at radius 1 is 1.00 bits per heavy atom. The molecule has 1 N–H and O–H groups in total. The van der Waals surface area contributed by atoms with Gasteiger partial charge in [-0.15, -0.1) is 0 Å². The third kappa shape index (κ3) is 5.06. The SMILES string of the molecule is CCOc1cccc(NC(=O)C[C@@H]2C(=O)N(c3ccc(OC)cc3)C(=O)N2Cc2ccc3c(c2)OCO3)c1. The average molecular weight is 518 g/mol. The maximum Gasteiger partial charge on any atom is 0.332 e.